The summed E-state index contributed by atoms with van der Waals surface area (Å²) in [5.74, 6) is -7.59. The van der Waals surface area contributed by atoms with E-state index in [4.69, 9.17) is 9.84 Å². The lowest BCUT2D eigenvalue weighted by Crippen LogP contribution is -2.14. The van der Waals surface area contributed by atoms with Gasteiger partial charge in [0.2, 0.25) is 0 Å². The minimum absolute atomic E-state index is 0.146. The highest BCUT2D eigenvalue weighted by Gasteiger charge is 2.61. The van der Waals surface area contributed by atoms with E-state index in [1.165, 1.54) is 0 Å². The Bertz CT molecular complexity index is 711. The normalized spacial score (nSPS) is 22.0. The predicted molar refractivity (Wildman–Crippen MR) is 82.4 cm³/mol. The molecule has 7 heteroatoms. The van der Waals surface area contributed by atoms with Crippen LogP contribution < -0.4 is 0 Å². The van der Waals surface area contributed by atoms with Crippen LogP contribution in [0.25, 0.3) is 0 Å². The van der Waals surface area contributed by atoms with Crippen LogP contribution in [0, 0.1) is 47.4 Å². The molecule has 1 aromatic carbocycles. The lowest BCUT2D eigenvalue weighted by molar-refractivity contribution is -0.147. The second-order valence-corrected chi connectivity index (χ2v) is 6.96. The van der Waals surface area contributed by atoms with Crippen LogP contribution >= 0.6 is 0 Å². The van der Waals surface area contributed by atoms with Crippen LogP contribution in [0.1, 0.15) is 31.9 Å². The van der Waals surface area contributed by atoms with Crippen LogP contribution in [0.4, 0.5) is 17.6 Å². The lowest BCUT2D eigenvalue weighted by atomic mass is 10.1. The van der Waals surface area contributed by atoms with E-state index in [0.717, 1.165) is 6.92 Å². The first-order chi connectivity index (χ1) is 11.5. The number of hydrogen-bond acceptors (Lipinski definition) is 3. The molecule has 2 rings (SSSR count). The molecule has 0 aromatic heterocycles. The van der Waals surface area contributed by atoms with Crippen molar-refractivity contribution in [3.05, 3.63) is 46.0 Å². The standard InChI is InChI=1S/C18H20F4O3/c1-8(6-23)5-11-12(18(11,3)4)17(24)25-7-10-15(21)13(19)9(2)14(20)16(10)22/h5,11-12,23H,6-7H2,1-4H3/b8-5+. The minimum atomic E-state index is -1.56. The Balaban J connectivity index is 2.14. The largest absolute Gasteiger partial charge is 0.460 e. The molecule has 1 aliphatic rings. The van der Waals surface area contributed by atoms with E-state index in [1.807, 2.05) is 13.8 Å². The summed E-state index contributed by atoms with van der Waals surface area (Å²) in [6.45, 7) is 5.22. The maximum Gasteiger partial charge on any atom is 0.310 e. The molecular weight excluding hydrogens is 340 g/mol. The highest BCUT2D eigenvalue weighted by Crippen LogP contribution is 2.59. The molecule has 0 saturated heterocycles. The van der Waals surface area contributed by atoms with E-state index in [2.05, 4.69) is 0 Å². The number of halogens is 4. The zero-order valence-electron chi connectivity index (χ0n) is 14.4. The Morgan fingerprint density at radius 3 is 2.16 bits per heavy atom. The zero-order chi connectivity index (χ0) is 19.1. The molecule has 0 amide bonds. The van der Waals surface area contributed by atoms with Crippen LogP contribution in [-0.2, 0) is 16.1 Å². The van der Waals surface area contributed by atoms with Crippen LogP contribution in [0.3, 0.4) is 0 Å². The fraction of sp³-hybridized carbons (Fsp3) is 0.500. The first kappa shape index (κ1) is 19.4. The lowest BCUT2D eigenvalue weighted by Gasteiger charge is -2.10. The third-order valence-corrected chi connectivity index (χ3v) is 4.81. The molecule has 2 unspecified atom stereocenters. The molecule has 0 aliphatic heterocycles. The Morgan fingerprint density at radius 2 is 1.68 bits per heavy atom. The topological polar surface area (TPSA) is 46.5 Å². The predicted octanol–water partition coefficient (Wildman–Crippen LogP) is 3.81. The van der Waals surface area contributed by atoms with E-state index >= 15 is 0 Å². The molecule has 1 aliphatic carbocycles. The molecule has 1 N–H and O–H groups in total. The third-order valence-electron chi connectivity index (χ3n) is 4.81. The molecule has 0 radical (unpaired) electrons. The monoisotopic (exact) mass is 360 g/mol. The SMILES string of the molecule is C/C(=C\C1C(C(=O)OCc2c(F)c(F)c(C)c(F)c2F)C1(C)C)CO. The van der Waals surface area contributed by atoms with E-state index in [9.17, 15) is 22.4 Å². The molecule has 1 aromatic rings. The van der Waals surface area contributed by atoms with E-state index in [0.29, 0.717) is 5.57 Å². The second kappa shape index (κ2) is 6.78. The van der Waals surface area contributed by atoms with Gasteiger partial charge in [0.05, 0.1) is 18.1 Å². The first-order valence-corrected chi connectivity index (χ1v) is 7.80. The molecule has 0 spiro atoms. The summed E-state index contributed by atoms with van der Waals surface area (Å²) in [6, 6.07) is 0. The molecular formula is C18H20F4O3. The smallest absolute Gasteiger partial charge is 0.310 e. The van der Waals surface area contributed by atoms with Crippen molar-refractivity contribution in [2.24, 2.45) is 17.3 Å². The van der Waals surface area contributed by atoms with Crippen molar-refractivity contribution in [3.63, 3.8) is 0 Å². The third kappa shape index (κ3) is 3.42. The number of benzene rings is 1. The highest BCUT2D eigenvalue weighted by atomic mass is 19.2. The summed E-state index contributed by atoms with van der Waals surface area (Å²) < 4.78 is 59.6. The zero-order valence-corrected chi connectivity index (χ0v) is 14.4. The fourth-order valence-corrected chi connectivity index (χ4v) is 2.94. The van der Waals surface area contributed by atoms with Gasteiger partial charge in [0, 0.05) is 5.56 Å². The van der Waals surface area contributed by atoms with Crippen molar-refractivity contribution in [1.82, 2.24) is 0 Å². The number of aliphatic hydroxyl groups is 1. The first-order valence-electron chi connectivity index (χ1n) is 7.80. The number of carbonyl (C=O) groups is 1. The van der Waals surface area contributed by atoms with Gasteiger partial charge in [-0.2, -0.15) is 0 Å². The molecule has 138 valence electrons. The van der Waals surface area contributed by atoms with E-state index < -0.39 is 58.3 Å². The quantitative estimate of drug-likeness (QED) is 0.376. The maximum atomic E-state index is 13.8. The second-order valence-electron chi connectivity index (χ2n) is 6.96. The maximum absolute atomic E-state index is 13.8. The van der Waals surface area contributed by atoms with Gasteiger partial charge in [-0.25, -0.2) is 17.6 Å². The fourth-order valence-electron chi connectivity index (χ4n) is 2.94. The van der Waals surface area contributed by atoms with Gasteiger partial charge >= 0.3 is 5.97 Å². The number of allylic oxidation sites excluding steroid dienone is 1. The van der Waals surface area contributed by atoms with Crippen molar-refractivity contribution >= 4 is 5.97 Å². The number of hydrogen-bond donors (Lipinski definition) is 1. The van der Waals surface area contributed by atoms with Crippen molar-refractivity contribution in [1.29, 1.82) is 0 Å². The van der Waals surface area contributed by atoms with Crippen LogP contribution in [0.15, 0.2) is 11.6 Å². The Labute approximate surface area is 143 Å². The summed E-state index contributed by atoms with van der Waals surface area (Å²) in [6.07, 6.45) is 1.75. The van der Waals surface area contributed by atoms with Gasteiger partial charge in [-0.15, -0.1) is 0 Å². The summed E-state index contributed by atoms with van der Waals surface area (Å²) in [5, 5.41) is 9.06. The molecule has 0 heterocycles. The van der Waals surface area contributed by atoms with Crippen LogP contribution in [0.5, 0.6) is 0 Å². The van der Waals surface area contributed by atoms with Gasteiger partial charge in [0.15, 0.2) is 23.3 Å². The van der Waals surface area contributed by atoms with Gasteiger partial charge < -0.3 is 9.84 Å². The molecule has 1 saturated carbocycles. The average Bonchev–Trinajstić information content (AvgIpc) is 3.10. The Morgan fingerprint density at radius 1 is 1.16 bits per heavy atom. The molecule has 0 bridgehead atoms. The Kier molecular flexibility index (Phi) is 5.27. The van der Waals surface area contributed by atoms with Gasteiger partial charge in [0.25, 0.3) is 0 Å². The van der Waals surface area contributed by atoms with Gasteiger partial charge in [-0.3, -0.25) is 4.79 Å². The summed E-state index contributed by atoms with van der Waals surface area (Å²) >= 11 is 0. The van der Waals surface area contributed by atoms with Gasteiger partial charge in [-0.05, 0) is 25.2 Å². The number of aliphatic hydroxyl groups excluding tert-OH is 1. The van der Waals surface area contributed by atoms with Crippen molar-refractivity contribution in [3.8, 4) is 0 Å². The van der Waals surface area contributed by atoms with Gasteiger partial charge in [0.1, 0.15) is 6.61 Å². The highest BCUT2D eigenvalue weighted by molar-refractivity contribution is 5.78. The van der Waals surface area contributed by atoms with Crippen LogP contribution in [-0.4, -0.2) is 17.7 Å². The van der Waals surface area contributed by atoms with E-state index in [1.54, 1.807) is 13.0 Å². The van der Waals surface area contributed by atoms with Crippen molar-refractivity contribution < 1.29 is 32.2 Å². The number of rotatable bonds is 5. The Hall–Kier alpha value is -1.89. The number of esters is 1. The van der Waals surface area contributed by atoms with Crippen LogP contribution in [0.2, 0.25) is 0 Å². The van der Waals surface area contributed by atoms with Crippen molar-refractivity contribution in [2.45, 2.75) is 34.3 Å². The molecule has 2 atom stereocenters. The van der Waals surface area contributed by atoms with E-state index in [-0.39, 0.29) is 12.5 Å². The van der Waals surface area contributed by atoms with Crippen molar-refractivity contribution in [2.75, 3.05) is 6.61 Å². The summed E-state index contributed by atoms with van der Waals surface area (Å²) in [7, 11) is 0. The summed E-state index contributed by atoms with van der Waals surface area (Å²) in [5.41, 5.74) is -1.47. The average molecular weight is 360 g/mol. The molecule has 3 nitrogen and oxygen atoms in total. The molecule has 1 fully saturated rings. The van der Waals surface area contributed by atoms with Gasteiger partial charge in [-0.1, -0.05) is 25.5 Å². The minimum Gasteiger partial charge on any atom is -0.460 e. The molecule has 25 heavy (non-hydrogen) atoms. The number of ether oxygens (including phenoxy) is 1. The number of carbonyl (C=O) groups excluding carboxylic acids is 1. The summed E-state index contributed by atoms with van der Waals surface area (Å²) in [4.78, 5) is 12.2.